The Labute approximate surface area is 127 Å². The average molecular weight is 286 g/mol. The van der Waals surface area contributed by atoms with Gasteiger partial charge in [-0.25, -0.2) is 0 Å². The van der Waals surface area contributed by atoms with Gasteiger partial charge in [0.15, 0.2) is 0 Å². The molecule has 3 rings (SSSR count). The summed E-state index contributed by atoms with van der Waals surface area (Å²) in [7, 11) is 0. The molecule has 1 unspecified atom stereocenters. The Morgan fingerprint density at radius 2 is 2.10 bits per heavy atom. The van der Waals surface area contributed by atoms with E-state index in [1.165, 1.54) is 29.3 Å². The molecule has 1 N–H and O–H groups in total. The molecule has 1 aliphatic rings. The zero-order valence-corrected chi connectivity index (χ0v) is 13.4. The minimum atomic E-state index is 0.137. The summed E-state index contributed by atoms with van der Waals surface area (Å²) in [5.41, 5.74) is 2.83. The fourth-order valence-electron chi connectivity index (χ4n) is 2.98. The van der Waals surface area contributed by atoms with Crippen LogP contribution in [0, 0.1) is 0 Å². The summed E-state index contributed by atoms with van der Waals surface area (Å²) in [4.78, 5) is 0. The van der Waals surface area contributed by atoms with Gasteiger partial charge in [-0.1, -0.05) is 18.2 Å². The van der Waals surface area contributed by atoms with E-state index < -0.39 is 0 Å². The van der Waals surface area contributed by atoms with Crippen LogP contribution >= 0.6 is 0 Å². The number of rotatable bonds is 4. The maximum Gasteiger partial charge on any atom is 0.0754 e. The molecule has 3 nitrogen and oxygen atoms in total. The van der Waals surface area contributed by atoms with Crippen molar-refractivity contribution in [3.05, 3.63) is 36.0 Å². The third-order valence-corrected chi connectivity index (χ3v) is 4.10. The molecule has 0 amide bonds. The van der Waals surface area contributed by atoms with Gasteiger partial charge in [0.05, 0.1) is 6.10 Å². The second-order valence-electron chi connectivity index (χ2n) is 7.06. The Balaban J connectivity index is 1.86. The number of nitrogens with one attached hydrogen (secondary N) is 1. The van der Waals surface area contributed by atoms with Gasteiger partial charge < -0.3 is 14.6 Å². The first-order valence-electron chi connectivity index (χ1n) is 7.96. The van der Waals surface area contributed by atoms with Gasteiger partial charge in [-0.3, -0.25) is 0 Å². The van der Waals surface area contributed by atoms with E-state index in [0.717, 1.165) is 19.7 Å². The first-order valence-corrected chi connectivity index (χ1v) is 7.96. The van der Waals surface area contributed by atoms with Gasteiger partial charge in [0, 0.05) is 42.3 Å². The smallest absolute Gasteiger partial charge is 0.0754 e. The van der Waals surface area contributed by atoms with E-state index in [0.29, 0.717) is 6.10 Å². The second kappa shape index (κ2) is 5.82. The number of hydrogen-bond donors (Lipinski definition) is 1. The predicted octanol–water partition coefficient (Wildman–Crippen LogP) is 3.71. The van der Waals surface area contributed by atoms with E-state index in [9.17, 15) is 0 Å². The van der Waals surface area contributed by atoms with Crippen LogP contribution in [0.4, 0.5) is 0 Å². The number of nitrogens with zero attached hydrogens (tertiary/aromatic N) is 1. The van der Waals surface area contributed by atoms with Crippen molar-refractivity contribution in [2.45, 2.75) is 58.3 Å². The maximum atomic E-state index is 5.79. The minimum Gasteiger partial charge on any atom is -0.376 e. The molecule has 1 aliphatic heterocycles. The molecular weight excluding hydrogens is 260 g/mol. The van der Waals surface area contributed by atoms with Crippen molar-refractivity contribution in [2.24, 2.45) is 0 Å². The highest BCUT2D eigenvalue weighted by Gasteiger charge is 2.18. The topological polar surface area (TPSA) is 26.2 Å². The first kappa shape index (κ1) is 14.6. The molecular formula is C18H26N2O. The molecule has 0 spiro atoms. The summed E-state index contributed by atoms with van der Waals surface area (Å²) >= 11 is 0. The van der Waals surface area contributed by atoms with Crippen molar-refractivity contribution < 1.29 is 4.74 Å². The number of benzene rings is 1. The average Bonchev–Trinajstić information content (AvgIpc) is 3.05. The van der Waals surface area contributed by atoms with E-state index in [4.69, 9.17) is 4.74 Å². The lowest BCUT2D eigenvalue weighted by Gasteiger charge is -2.20. The van der Waals surface area contributed by atoms with E-state index in [1.807, 2.05) is 0 Å². The van der Waals surface area contributed by atoms with Crippen molar-refractivity contribution in [3.8, 4) is 0 Å². The molecule has 1 fully saturated rings. The van der Waals surface area contributed by atoms with Crippen LogP contribution in [0.25, 0.3) is 10.9 Å². The summed E-state index contributed by atoms with van der Waals surface area (Å²) < 4.78 is 8.16. The Kier molecular flexibility index (Phi) is 4.05. The fourth-order valence-corrected chi connectivity index (χ4v) is 2.98. The molecule has 0 aliphatic carbocycles. The third-order valence-electron chi connectivity index (χ3n) is 4.10. The molecule has 1 aromatic carbocycles. The van der Waals surface area contributed by atoms with Gasteiger partial charge in [0.2, 0.25) is 0 Å². The molecule has 21 heavy (non-hydrogen) atoms. The van der Waals surface area contributed by atoms with Crippen LogP contribution in [0.15, 0.2) is 30.5 Å². The molecule has 1 saturated heterocycles. The summed E-state index contributed by atoms with van der Waals surface area (Å²) in [5, 5.41) is 4.95. The van der Waals surface area contributed by atoms with Gasteiger partial charge in [-0.05, 0) is 45.2 Å². The Morgan fingerprint density at radius 3 is 2.81 bits per heavy atom. The zero-order chi connectivity index (χ0) is 14.9. The van der Waals surface area contributed by atoms with Gasteiger partial charge in [0.25, 0.3) is 0 Å². The van der Waals surface area contributed by atoms with Crippen molar-refractivity contribution in [1.29, 1.82) is 0 Å². The predicted molar refractivity (Wildman–Crippen MR) is 87.5 cm³/mol. The standard InChI is InChI=1S/C18H26N2O/c1-18(2,3)19-11-14-12-20(13-15-7-6-10-21-15)17-9-5-4-8-16(14)17/h4-5,8-9,12,15,19H,6-7,10-11,13H2,1-3H3. The number of ether oxygens (including phenoxy) is 1. The molecule has 0 saturated carbocycles. The number of para-hydroxylation sites is 1. The largest absolute Gasteiger partial charge is 0.376 e. The monoisotopic (exact) mass is 286 g/mol. The molecule has 1 atom stereocenters. The first-order chi connectivity index (χ1) is 10.0. The number of hydrogen-bond acceptors (Lipinski definition) is 2. The highest BCUT2D eigenvalue weighted by Crippen LogP contribution is 2.24. The van der Waals surface area contributed by atoms with E-state index in [2.05, 4.69) is 61.1 Å². The van der Waals surface area contributed by atoms with Crippen molar-refractivity contribution >= 4 is 10.9 Å². The van der Waals surface area contributed by atoms with Gasteiger partial charge in [0.1, 0.15) is 0 Å². The Hall–Kier alpha value is -1.32. The Bertz CT molecular complexity index is 603. The highest BCUT2D eigenvalue weighted by atomic mass is 16.5. The molecule has 3 heteroatoms. The van der Waals surface area contributed by atoms with Gasteiger partial charge in [-0.15, -0.1) is 0 Å². The van der Waals surface area contributed by atoms with Crippen molar-refractivity contribution in [2.75, 3.05) is 6.61 Å². The zero-order valence-electron chi connectivity index (χ0n) is 13.4. The molecule has 0 radical (unpaired) electrons. The maximum absolute atomic E-state index is 5.79. The molecule has 1 aromatic heterocycles. The highest BCUT2D eigenvalue weighted by molar-refractivity contribution is 5.83. The molecule has 2 heterocycles. The lowest BCUT2D eigenvalue weighted by Crippen LogP contribution is -2.35. The van der Waals surface area contributed by atoms with Crippen LogP contribution in [-0.4, -0.2) is 22.8 Å². The summed E-state index contributed by atoms with van der Waals surface area (Å²) in [5.74, 6) is 0. The molecule has 0 bridgehead atoms. The summed E-state index contributed by atoms with van der Waals surface area (Å²) in [6.07, 6.45) is 5.05. The summed E-state index contributed by atoms with van der Waals surface area (Å²) in [6, 6.07) is 8.68. The summed E-state index contributed by atoms with van der Waals surface area (Å²) in [6.45, 7) is 9.41. The van der Waals surface area contributed by atoms with Crippen molar-refractivity contribution in [1.82, 2.24) is 9.88 Å². The van der Waals surface area contributed by atoms with E-state index >= 15 is 0 Å². The normalized spacial score (nSPS) is 19.5. The van der Waals surface area contributed by atoms with Crippen molar-refractivity contribution in [3.63, 3.8) is 0 Å². The molecule has 114 valence electrons. The molecule has 2 aromatic rings. The van der Waals surface area contributed by atoms with Crippen LogP contribution in [0.1, 0.15) is 39.2 Å². The third kappa shape index (κ3) is 3.47. The van der Waals surface area contributed by atoms with Crippen LogP contribution in [0.3, 0.4) is 0 Å². The minimum absolute atomic E-state index is 0.137. The van der Waals surface area contributed by atoms with Gasteiger partial charge in [-0.2, -0.15) is 0 Å². The quantitative estimate of drug-likeness (QED) is 0.927. The van der Waals surface area contributed by atoms with E-state index in [-0.39, 0.29) is 5.54 Å². The SMILES string of the molecule is CC(C)(C)NCc1cn(CC2CCCO2)c2ccccc12. The Morgan fingerprint density at radius 1 is 1.29 bits per heavy atom. The van der Waals surface area contributed by atoms with Gasteiger partial charge >= 0.3 is 0 Å². The number of aromatic nitrogens is 1. The lowest BCUT2D eigenvalue weighted by atomic mass is 10.1. The van der Waals surface area contributed by atoms with Crippen LogP contribution in [0.5, 0.6) is 0 Å². The van der Waals surface area contributed by atoms with Crippen LogP contribution in [-0.2, 0) is 17.8 Å². The fraction of sp³-hybridized carbons (Fsp3) is 0.556. The van der Waals surface area contributed by atoms with Crippen LogP contribution in [0.2, 0.25) is 0 Å². The number of fused-ring (bicyclic) bond motifs is 1. The van der Waals surface area contributed by atoms with E-state index in [1.54, 1.807) is 0 Å². The van der Waals surface area contributed by atoms with Crippen LogP contribution < -0.4 is 5.32 Å². The lowest BCUT2D eigenvalue weighted by molar-refractivity contribution is 0.0980. The second-order valence-corrected chi connectivity index (χ2v) is 7.06.